The summed E-state index contributed by atoms with van der Waals surface area (Å²) in [5, 5.41) is 5.68. The largest absolute Gasteiger partial charge is 0.394 e. The lowest BCUT2D eigenvalue weighted by Crippen LogP contribution is -2.19. The van der Waals surface area contributed by atoms with Crippen molar-refractivity contribution in [2.45, 2.75) is 6.92 Å². The van der Waals surface area contributed by atoms with Gasteiger partial charge in [0.1, 0.15) is 6.61 Å². The first kappa shape index (κ1) is 10.9. The molecule has 0 saturated heterocycles. The van der Waals surface area contributed by atoms with E-state index in [1.807, 2.05) is 6.07 Å². The number of aryl methyl sites for hydroxylation is 1. The molecule has 1 aliphatic heterocycles. The number of hydrogen-bond donors (Lipinski definition) is 0. The fraction of sp³-hybridized carbons (Fsp3) is 0.250. The lowest BCUT2D eigenvalue weighted by atomic mass is 10.2. The standard InChI is InChI=1S/C12H11NO2S2/c1-8-2-3-10-9(6-8)7-11(16-10)12-13-15-4-5-17(12)14/h2-3,6-7H,4-5H2,1H3. The minimum Gasteiger partial charge on any atom is -0.394 e. The van der Waals surface area contributed by atoms with Crippen molar-refractivity contribution >= 4 is 37.3 Å². The minimum atomic E-state index is -1.03. The molecule has 0 spiro atoms. The van der Waals surface area contributed by atoms with Crippen molar-refractivity contribution in [1.82, 2.24) is 0 Å². The average Bonchev–Trinajstić information content (AvgIpc) is 2.72. The molecular weight excluding hydrogens is 254 g/mol. The number of fused-ring (bicyclic) bond motifs is 1. The smallest absolute Gasteiger partial charge is 0.183 e. The monoisotopic (exact) mass is 265 g/mol. The van der Waals surface area contributed by atoms with Gasteiger partial charge in [0, 0.05) is 4.70 Å². The molecule has 1 unspecified atom stereocenters. The molecule has 0 aliphatic carbocycles. The Balaban J connectivity index is 2.12. The van der Waals surface area contributed by atoms with Gasteiger partial charge in [0.15, 0.2) is 5.04 Å². The highest BCUT2D eigenvalue weighted by Gasteiger charge is 2.19. The van der Waals surface area contributed by atoms with Crippen LogP contribution in [0.4, 0.5) is 0 Å². The number of oxime groups is 1. The number of rotatable bonds is 1. The number of nitrogens with zero attached hydrogens (tertiary/aromatic N) is 1. The van der Waals surface area contributed by atoms with E-state index in [0.717, 1.165) is 4.88 Å². The van der Waals surface area contributed by atoms with Crippen molar-refractivity contribution in [2.75, 3.05) is 12.4 Å². The second-order valence-corrected chi connectivity index (χ2v) is 6.50. The lowest BCUT2D eigenvalue weighted by Gasteiger charge is -2.09. The lowest BCUT2D eigenvalue weighted by molar-refractivity contribution is 0.159. The topological polar surface area (TPSA) is 38.7 Å². The number of hydrogen-bond acceptors (Lipinski definition) is 4. The summed E-state index contributed by atoms with van der Waals surface area (Å²) in [5.41, 5.74) is 1.23. The zero-order valence-electron chi connectivity index (χ0n) is 9.30. The Morgan fingerprint density at radius 1 is 1.41 bits per heavy atom. The predicted molar refractivity (Wildman–Crippen MR) is 72.1 cm³/mol. The summed E-state index contributed by atoms with van der Waals surface area (Å²) in [6.07, 6.45) is 0. The summed E-state index contributed by atoms with van der Waals surface area (Å²) < 4.78 is 13.0. The minimum absolute atomic E-state index is 0.445. The van der Waals surface area contributed by atoms with E-state index >= 15 is 0 Å². The predicted octanol–water partition coefficient (Wildman–Crippen LogP) is 2.65. The molecule has 1 aromatic heterocycles. The Bertz CT molecular complexity index is 630. The van der Waals surface area contributed by atoms with Crippen LogP contribution in [0.5, 0.6) is 0 Å². The number of thiophene rings is 1. The Morgan fingerprint density at radius 3 is 3.12 bits per heavy atom. The van der Waals surface area contributed by atoms with Crippen LogP contribution in [0, 0.1) is 6.92 Å². The quantitative estimate of drug-likeness (QED) is 0.795. The first-order valence-corrected chi connectivity index (χ1v) is 7.46. The second kappa shape index (κ2) is 4.23. The van der Waals surface area contributed by atoms with Crippen LogP contribution in [-0.2, 0) is 15.6 Å². The molecule has 17 heavy (non-hydrogen) atoms. The van der Waals surface area contributed by atoms with Gasteiger partial charge < -0.3 is 4.84 Å². The van der Waals surface area contributed by atoms with Gasteiger partial charge in [-0.15, -0.1) is 11.3 Å². The molecule has 2 heterocycles. The van der Waals surface area contributed by atoms with Gasteiger partial charge in [-0.05, 0) is 24.4 Å². The van der Waals surface area contributed by atoms with Crippen molar-refractivity contribution in [3.63, 3.8) is 0 Å². The normalized spacial score (nSPS) is 20.1. The van der Waals surface area contributed by atoms with Crippen LogP contribution in [-0.4, -0.2) is 21.6 Å². The van der Waals surface area contributed by atoms with Crippen LogP contribution >= 0.6 is 11.3 Å². The third kappa shape index (κ3) is 2.00. The maximum atomic E-state index is 11.8. The Labute approximate surface area is 106 Å². The van der Waals surface area contributed by atoms with E-state index in [0.29, 0.717) is 17.4 Å². The summed E-state index contributed by atoms with van der Waals surface area (Å²) >= 11 is 1.61. The molecule has 1 aromatic carbocycles. The van der Waals surface area contributed by atoms with Gasteiger partial charge in [-0.25, -0.2) is 0 Å². The van der Waals surface area contributed by atoms with Crippen molar-refractivity contribution in [3.05, 3.63) is 34.7 Å². The molecule has 0 radical (unpaired) electrons. The van der Waals surface area contributed by atoms with Crippen LogP contribution in [0.2, 0.25) is 0 Å². The molecule has 1 aliphatic rings. The van der Waals surface area contributed by atoms with Crippen LogP contribution in [0.25, 0.3) is 10.1 Å². The SMILES string of the molecule is Cc1ccc2sc(C3=NOCCS3=O)cc2c1. The van der Waals surface area contributed by atoms with Crippen molar-refractivity contribution < 1.29 is 9.05 Å². The van der Waals surface area contributed by atoms with Crippen LogP contribution in [0.1, 0.15) is 10.4 Å². The van der Waals surface area contributed by atoms with Crippen molar-refractivity contribution in [1.29, 1.82) is 0 Å². The summed E-state index contributed by atoms with van der Waals surface area (Å²) in [7, 11) is -1.03. The van der Waals surface area contributed by atoms with E-state index in [9.17, 15) is 4.21 Å². The molecule has 5 heteroatoms. The summed E-state index contributed by atoms with van der Waals surface area (Å²) in [6, 6.07) is 8.34. The van der Waals surface area contributed by atoms with Crippen molar-refractivity contribution in [3.8, 4) is 0 Å². The average molecular weight is 265 g/mol. The Morgan fingerprint density at radius 2 is 2.29 bits per heavy atom. The molecule has 0 saturated carbocycles. The van der Waals surface area contributed by atoms with Gasteiger partial charge in [-0.1, -0.05) is 22.9 Å². The third-order valence-corrected chi connectivity index (χ3v) is 5.12. The Hall–Kier alpha value is -1.20. The van der Waals surface area contributed by atoms with Gasteiger partial charge in [0.05, 0.1) is 21.4 Å². The van der Waals surface area contributed by atoms with Crippen molar-refractivity contribution in [2.24, 2.45) is 5.16 Å². The molecule has 3 nitrogen and oxygen atoms in total. The number of benzene rings is 1. The van der Waals surface area contributed by atoms with Crippen LogP contribution in [0.3, 0.4) is 0 Å². The molecule has 0 fully saturated rings. The van der Waals surface area contributed by atoms with Gasteiger partial charge >= 0.3 is 0 Å². The Kier molecular flexibility index (Phi) is 2.72. The molecular formula is C12H11NO2S2. The van der Waals surface area contributed by atoms with Crippen LogP contribution in [0.15, 0.2) is 29.4 Å². The highest BCUT2D eigenvalue weighted by Crippen LogP contribution is 2.28. The first-order chi connectivity index (χ1) is 8.24. The van der Waals surface area contributed by atoms with E-state index in [1.165, 1.54) is 15.6 Å². The molecule has 88 valence electrons. The summed E-state index contributed by atoms with van der Waals surface area (Å²) in [6.45, 7) is 2.51. The first-order valence-electron chi connectivity index (χ1n) is 5.33. The summed E-state index contributed by atoms with van der Waals surface area (Å²) in [5.74, 6) is 0.534. The van der Waals surface area contributed by atoms with E-state index < -0.39 is 10.8 Å². The second-order valence-electron chi connectivity index (χ2n) is 3.93. The van der Waals surface area contributed by atoms with Crippen LogP contribution < -0.4 is 0 Å². The van der Waals surface area contributed by atoms with Gasteiger partial charge in [-0.2, -0.15) is 0 Å². The van der Waals surface area contributed by atoms with E-state index in [4.69, 9.17) is 4.84 Å². The molecule has 3 rings (SSSR count). The fourth-order valence-corrected chi connectivity index (χ4v) is 3.94. The molecule has 0 amide bonds. The maximum Gasteiger partial charge on any atom is 0.183 e. The van der Waals surface area contributed by atoms with Gasteiger partial charge in [0.2, 0.25) is 0 Å². The molecule has 2 aromatic rings. The highest BCUT2D eigenvalue weighted by atomic mass is 32.2. The fourth-order valence-electron chi connectivity index (χ4n) is 1.78. The zero-order valence-corrected chi connectivity index (χ0v) is 10.9. The zero-order chi connectivity index (χ0) is 11.8. The van der Waals surface area contributed by atoms with E-state index in [-0.39, 0.29) is 0 Å². The highest BCUT2D eigenvalue weighted by molar-refractivity contribution is 8.01. The summed E-state index contributed by atoms with van der Waals surface area (Å²) in [4.78, 5) is 5.98. The molecule has 0 N–H and O–H groups in total. The third-order valence-electron chi connectivity index (χ3n) is 2.61. The molecule has 0 bridgehead atoms. The molecule has 1 atom stereocenters. The van der Waals surface area contributed by atoms with Gasteiger partial charge in [-0.3, -0.25) is 4.21 Å². The maximum absolute atomic E-state index is 11.8. The van der Waals surface area contributed by atoms with Gasteiger partial charge in [0.25, 0.3) is 0 Å². The van der Waals surface area contributed by atoms with E-state index in [1.54, 1.807) is 11.3 Å². The van der Waals surface area contributed by atoms with E-state index in [2.05, 4.69) is 30.3 Å².